The first-order valence-electron chi connectivity index (χ1n) is 6.89. The SMILES string of the molecule is CCCC(C)C(NC)c1ccc2c(c1)NC(=O)CO2. The normalized spacial score (nSPS) is 17.1. The molecule has 4 heteroatoms. The van der Waals surface area contributed by atoms with Crippen molar-refractivity contribution in [1.82, 2.24) is 5.32 Å². The average Bonchev–Trinajstić information content (AvgIpc) is 2.39. The number of amides is 1. The van der Waals surface area contributed by atoms with Gasteiger partial charge in [0.1, 0.15) is 5.75 Å². The highest BCUT2D eigenvalue weighted by Crippen LogP contribution is 2.33. The average molecular weight is 262 g/mol. The van der Waals surface area contributed by atoms with Gasteiger partial charge >= 0.3 is 0 Å². The Labute approximate surface area is 114 Å². The maximum absolute atomic E-state index is 11.4. The van der Waals surface area contributed by atoms with Crippen LogP contribution in [0.3, 0.4) is 0 Å². The van der Waals surface area contributed by atoms with Crippen LogP contribution in [-0.2, 0) is 4.79 Å². The molecule has 0 radical (unpaired) electrons. The van der Waals surface area contributed by atoms with Crippen LogP contribution in [0.4, 0.5) is 5.69 Å². The molecule has 0 bridgehead atoms. The zero-order chi connectivity index (χ0) is 13.8. The molecule has 1 amide bonds. The molecular formula is C15H22N2O2. The minimum absolute atomic E-state index is 0.0905. The summed E-state index contributed by atoms with van der Waals surface area (Å²) in [5.74, 6) is 1.21. The third-order valence-corrected chi connectivity index (χ3v) is 3.62. The van der Waals surface area contributed by atoms with E-state index >= 15 is 0 Å². The van der Waals surface area contributed by atoms with Crippen LogP contribution in [0.15, 0.2) is 18.2 Å². The van der Waals surface area contributed by atoms with Crippen LogP contribution in [0.2, 0.25) is 0 Å². The Morgan fingerprint density at radius 3 is 2.95 bits per heavy atom. The van der Waals surface area contributed by atoms with Crippen LogP contribution in [0.25, 0.3) is 0 Å². The van der Waals surface area contributed by atoms with Gasteiger partial charge in [-0.15, -0.1) is 0 Å². The Hall–Kier alpha value is -1.55. The first kappa shape index (κ1) is 13.9. The highest BCUT2D eigenvalue weighted by molar-refractivity contribution is 5.95. The molecule has 1 heterocycles. The molecule has 104 valence electrons. The largest absolute Gasteiger partial charge is 0.482 e. The third kappa shape index (κ3) is 3.07. The number of ether oxygens (including phenoxy) is 1. The molecule has 2 N–H and O–H groups in total. The van der Waals surface area contributed by atoms with Gasteiger partial charge in [0.25, 0.3) is 5.91 Å². The Morgan fingerprint density at radius 1 is 1.47 bits per heavy atom. The standard InChI is InChI=1S/C15H22N2O2/c1-4-5-10(2)15(16-3)11-6-7-13-12(8-11)17-14(18)9-19-13/h6-8,10,15-16H,4-5,9H2,1-3H3,(H,17,18). The van der Waals surface area contributed by atoms with E-state index in [0.717, 1.165) is 11.4 Å². The molecule has 0 aliphatic carbocycles. The fraction of sp³-hybridized carbons (Fsp3) is 0.533. The molecule has 2 rings (SSSR count). The first-order chi connectivity index (χ1) is 9.15. The smallest absolute Gasteiger partial charge is 0.262 e. The Kier molecular flexibility index (Phi) is 4.43. The van der Waals surface area contributed by atoms with Gasteiger partial charge in [0.2, 0.25) is 0 Å². The molecule has 0 saturated heterocycles. The van der Waals surface area contributed by atoms with E-state index in [-0.39, 0.29) is 12.5 Å². The van der Waals surface area contributed by atoms with Crippen molar-refractivity contribution in [1.29, 1.82) is 0 Å². The summed E-state index contributed by atoms with van der Waals surface area (Å²) in [6.45, 7) is 4.55. The van der Waals surface area contributed by atoms with Gasteiger partial charge in [0, 0.05) is 6.04 Å². The Bertz CT molecular complexity index is 459. The number of rotatable bonds is 5. The van der Waals surface area contributed by atoms with E-state index in [1.807, 2.05) is 19.2 Å². The van der Waals surface area contributed by atoms with Crippen molar-refractivity contribution in [3.05, 3.63) is 23.8 Å². The van der Waals surface area contributed by atoms with E-state index in [0.29, 0.717) is 12.0 Å². The molecule has 1 aromatic carbocycles. The van der Waals surface area contributed by atoms with Crippen LogP contribution in [0.5, 0.6) is 5.75 Å². The van der Waals surface area contributed by atoms with Gasteiger partial charge in [-0.25, -0.2) is 0 Å². The summed E-state index contributed by atoms with van der Waals surface area (Å²) in [7, 11) is 1.98. The van der Waals surface area contributed by atoms with E-state index in [1.165, 1.54) is 18.4 Å². The molecule has 1 aliphatic rings. The fourth-order valence-electron chi connectivity index (χ4n) is 2.70. The third-order valence-electron chi connectivity index (χ3n) is 3.62. The van der Waals surface area contributed by atoms with Crippen molar-refractivity contribution in [2.45, 2.75) is 32.7 Å². The topological polar surface area (TPSA) is 50.4 Å². The fourth-order valence-corrected chi connectivity index (χ4v) is 2.70. The van der Waals surface area contributed by atoms with E-state index in [9.17, 15) is 4.79 Å². The highest BCUT2D eigenvalue weighted by atomic mass is 16.5. The van der Waals surface area contributed by atoms with E-state index < -0.39 is 0 Å². The maximum atomic E-state index is 11.4. The molecule has 1 aliphatic heterocycles. The van der Waals surface area contributed by atoms with Gasteiger partial charge in [-0.1, -0.05) is 26.3 Å². The molecular weight excluding hydrogens is 240 g/mol. The lowest BCUT2D eigenvalue weighted by molar-refractivity contribution is -0.118. The highest BCUT2D eigenvalue weighted by Gasteiger charge is 2.21. The van der Waals surface area contributed by atoms with Gasteiger partial charge in [0.15, 0.2) is 6.61 Å². The summed E-state index contributed by atoms with van der Waals surface area (Å²) in [6, 6.07) is 6.32. The number of carbonyl (C=O) groups excluding carboxylic acids is 1. The van der Waals surface area contributed by atoms with E-state index in [1.54, 1.807) is 0 Å². The number of anilines is 1. The van der Waals surface area contributed by atoms with E-state index in [2.05, 4.69) is 30.5 Å². The molecule has 4 nitrogen and oxygen atoms in total. The number of fused-ring (bicyclic) bond motifs is 1. The zero-order valence-electron chi connectivity index (χ0n) is 11.8. The lowest BCUT2D eigenvalue weighted by Gasteiger charge is -2.26. The van der Waals surface area contributed by atoms with Crippen LogP contribution in [0, 0.1) is 5.92 Å². The van der Waals surface area contributed by atoms with Crippen molar-refractivity contribution in [3.63, 3.8) is 0 Å². The summed E-state index contributed by atoms with van der Waals surface area (Å²) in [4.78, 5) is 11.4. The molecule has 0 spiro atoms. The number of benzene rings is 1. The molecule has 2 atom stereocenters. The van der Waals surface area contributed by atoms with Crippen LogP contribution in [-0.4, -0.2) is 19.6 Å². The molecule has 19 heavy (non-hydrogen) atoms. The van der Waals surface area contributed by atoms with Crippen molar-refractivity contribution >= 4 is 11.6 Å². The predicted octanol–water partition coefficient (Wildman–Crippen LogP) is 2.71. The monoisotopic (exact) mass is 262 g/mol. The number of carbonyl (C=O) groups is 1. The van der Waals surface area contributed by atoms with Gasteiger partial charge in [0.05, 0.1) is 5.69 Å². The first-order valence-corrected chi connectivity index (χ1v) is 6.89. The molecule has 1 aromatic rings. The van der Waals surface area contributed by atoms with Crippen LogP contribution >= 0.6 is 0 Å². The number of hydrogen-bond acceptors (Lipinski definition) is 3. The summed E-state index contributed by atoms with van der Waals surface area (Å²) in [5.41, 5.74) is 1.96. The number of nitrogens with one attached hydrogen (secondary N) is 2. The second kappa shape index (κ2) is 6.06. The quantitative estimate of drug-likeness (QED) is 0.858. The Morgan fingerprint density at radius 2 is 2.26 bits per heavy atom. The van der Waals surface area contributed by atoms with Crippen molar-refractivity contribution < 1.29 is 9.53 Å². The van der Waals surface area contributed by atoms with Crippen molar-refractivity contribution in [2.75, 3.05) is 19.0 Å². The summed E-state index contributed by atoms with van der Waals surface area (Å²) in [5, 5.41) is 6.23. The second-order valence-corrected chi connectivity index (χ2v) is 5.12. The second-order valence-electron chi connectivity index (χ2n) is 5.12. The minimum Gasteiger partial charge on any atom is -0.482 e. The van der Waals surface area contributed by atoms with Gasteiger partial charge in [-0.05, 0) is 37.1 Å². The lowest BCUT2D eigenvalue weighted by atomic mass is 9.90. The van der Waals surface area contributed by atoms with Crippen molar-refractivity contribution in [2.24, 2.45) is 5.92 Å². The van der Waals surface area contributed by atoms with Gasteiger partial charge in [-0.3, -0.25) is 4.79 Å². The summed E-state index contributed by atoms with van der Waals surface area (Å²) >= 11 is 0. The maximum Gasteiger partial charge on any atom is 0.262 e. The van der Waals surface area contributed by atoms with Gasteiger partial charge < -0.3 is 15.4 Å². The number of hydrogen-bond donors (Lipinski definition) is 2. The Balaban J connectivity index is 2.24. The van der Waals surface area contributed by atoms with Gasteiger partial charge in [-0.2, -0.15) is 0 Å². The summed E-state index contributed by atoms with van der Waals surface area (Å²) in [6.07, 6.45) is 2.34. The van der Waals surface area contributed by atoms with Crippen LogP contribution in [0.1, 0.15) is 38.3 Å². The summed E-state index contributed by atoms with van der Waals surface area (Å²) < 4.78 is 5.38. The van der Waals surface area contributed by atoms with E-state index in [4.69, 9.17) is 4.74 Å². The molecule has 2 unspecified atom stereocenters. The molecule has 0 fully saturated rings. The molecule has 0 aromatic heterocycles. The van der Waals surface area contributed by atoms with Crippen molar-refractivity contribution in [3.8, 4) is 5.75 Å². The minimum atomic E-state index is -0.0905. The predicted molar refractivity (Wildman–Crippen MR) is 76.4 cm³/mol. The lowest BCUT2D eigenvalue weighted by Crippen LogP contribution is -2.27. The molecule has 0 saturated carbocycles. The van der Waals surface area contributed by atoms with Crippen LogP contribution < -0.4 is 15.4 Å². The zero-order valence-corrected chi connectivity index (χ0v) is 11.8.